The van der Waals surface area contributed by atoms with Crippen molar-refractivity contribution in [2.24, 2.45) is 0 Å². The predicted molar refractivity (Wildman–Crippen MR) is 39.2 cm³/mol. The van der Waals surface area contributed by atoms with Crippen molar-refractivity contribution >= 4 is 11.6 Å². The van der Waals surface area contributed by atoms with Crippen LogP contribution in [0.1, 0.15) is 16.2 Å². The molecule has 0 fully saturated rings. The minimum Gasteiger partial charge on any atom is -0.476 e. The van der Waals surface area contributed by atoms with E-state index in [-0.39, 0.29) is 5.69 Å². The summed E-state index contributed by atoms with van der Waals surface area (Å²) in [5.74, 6) is -0.346. The van der Waals surface area contributed by atoms with Crippen LogP contribution in [-0.4, -0.2) is 20.6 Å². The van der Waals surface area contributed by atoms with Crippen molar-refractivity contribution in [3.05, 3.63) is 23.7 Å². The highest BCUT2D eigenvalue weighted by Gasteiger charge is 2.10. The highest BCUT2D eigenvalue weighted by Crippen LogP contribution is 2.09. The number of nitrogens with zero attached hydrogens (tertiary/aromatic N) is 2. The Morgan fingerprint density at radius 2 is 2.50 bits per heavy atom. The van der Waals surface area contributed by atoms with E-state index >= 15 is 0 Å². The molecule has 2 aromatic rings. The first-order valence-corrected chi connectivity index (χ1v) is 3.36. The van der Waals surface area contributed by atoms with Crippen LogP contribution in [0.3, 0.4) is 0 Å². The molecule has 0 unspecified atom stereocenters. The predicted octanol–water partition coefficient (Wildman–Crippen LogP) is 0.934. The lowest BCUT2D eigenvalue weighted by atomic mass is 10.5. The van der Waals surface area contributed by atoms with Crippen molar-refractivity contribution < 1.29 is 14.4 Å². The number of carboxylic acid groups (broad SMARTS) is 1. The maximum Gasteiger partial charge on any atom is 0.356 e. The summed E-state index contributed by atoms with van der Waals surface area (Å²) in [6.07, 6.45) is 1.34. The van der Waals surface area contributed by atoms with Crippen LogP contribution in [0.15, 0.2) is 16.8 Å². The van der Waals surface area contributed by atoms with Gasteiger partial charge in [0.05, 0.1) is 6.20 Å². The molecule has 0 aliphatic heterocycles. The van der Waals surface area contributed by atoms with Gasteiger partial charge in [-0.15, -0.1) is 0 Å². The van der Waals surface area contributed by atoms with E-state index in [1.165, 1.54) is 10.8 Å². The van der Waals surface area contributed by atoms with Gasteiger partial charge in [0, 0.05) is 6.07 Å². The maximum absolute atomic E-state index is 10.4. The Labute approximate surface area is 67.2 Å². The number of aromatic carboxylic acids is 1. The van der Waals surface area contributed by atoms with Gasteiger partial charge in [0.25, 0.3) is 0 Å². The van der Waals surface area contributed by atoms with Gasteiger partial charge in [-0.2, -0.15) is 4.57 Å². The molecule has 0 saturated heterocycles. The first-order chi connectivity index (χ1) is 5.66. The van der Waals surface area contributed by atoms with Crippen LogP contribution >= 0.6 is 0 Å². The van der Waals surface area contributed by atoms with Crippen LogP contribution in [0.25, 0.3) is 5.65 Å². The molecule has 0 amide bonds. The Kier molecular flexibility index (Phi) is 1.21. The molecule has 2 aromatic heterocycles. The van der Waals surface area contributed by atoms with Gasteiger partial charge in [0.15, 0.2) is 11.3 Å². The molecule has 0 saturated carbocycles. The summed E-state index contributed by atoms with van der Waals surface area (Å²) in [4.78, 5) is 14.2. The van der Waals surface area contributed by atoms with Crippen LogP contribution < -0.4 is 0 Å². The highest BCUT2D eigenvalue weighted by atomic mass is 16.5. The summed E-state index contributed by atoms with van der Waals surface area (Å²) in [5.41, 5.74) is 0.513. The first-order valence-electron chi connectivity index (χ1n) is 3.36. The van der Waals surface area contributed by atoms with Gasteiger partial charge < -0.3 is 9.63 Å². The minimum absolute atomic E-state index is 0.00579. The minimum atomic E-state index is -1.05. The zero-order valence-corrected chi connectivity index (χ0v) is 6.31. The normalized spacial score (nSPS) is 10.8. The zero-order chi connectivity index (χ0) is 8.72. The second kappa shape index (κ2) is 2.10. The van der Waals surface area contributed by atoms with Crippen molar-refractivity contribution in [1.29, 1.82) is 0 Å². The molecule has 0 atom stereocenters. The molecule has 0 bridgehead atoms. The van der Waals surface area contributed by atoms with E-state index in [1.807, 2.05) is 0 Å². The lowest BCUT2D eigenvalue weighted by Gasteiger charge is -1.81. The van der Waals surface area contributed by atoms with Gasteiger partial charge in [-0.1, -0.05) is 0 Å². The molecule has 0 aromatic carbocycles. The fourth-order valence-electron chi connectivity index (χ4n) is 1.01. The molecule has 2 rings (SSSR count). The Balaban J connectivity index is 2.64. The molecule has 1 N–H and O–H groups in total. The second-order valence-corrected chi connectivity index (χ2v) is 2.46. The molecule has 0 aliphatic carbocycles. The quantitative estimate of drug-likeness (QED) is 0.684. The van der Waals surface area contributed by atoms with Crippen LogP contribution in [0.5, 0.6) is 0 Å². The number of hydrogen-bond acceptors (Lipinski definition) is 3. The summed E-state index contributed by atoms with van der Waals surface area (Å²) in [6, 6.07) is 1.67. The van der Waals surface area contributed by atoms with Crippen LogP contribution in [0.4, 0.5) is 0 Å². The first kappa shape index (κ1) is 6.90. The fraction of sp³-hybridized carbons (Fsp3) is 0.143. The summed E-state index contributed by atoms with van der Waals surface area (Å²) < 4.78 is 6.42. The molecule has 62 valence electrons. The zero-order valence-electron chi connectivity index (χ0n) is 6.31. The Bertz CT molecular complexity index is 409. The standard InChI is InChI=1S/C7H6N2O3/c1-4-2-6-8-5(7(10)11)3-9(6)12-4/h2-3H,1H3,(H,10,11). The monoisotopic (exact) mass is 166 g/mol. The number of aromatic nitrogens is 2. The number of carbonyl (C=O) groups is 1. The van der Waals surface area contributed by atoms with Crippen molar-refractivity contribution in [3.8, 4) is 0 Å². The third-order valence-corrected chi connectivity index (χ3v) is 1.49. The topological polar surface area (TPSA) is 67.7 Å². The smallest absolute Gasteiger partial charge is 0.356 e. The van der Waals surface area contributed by atoms with Gasteiger partial charge in [-0.3, -0.25) is 0 Å². The van der Waals surface area contributed by atoms with E-state index in [2.05, 4.69) is 4.98 Å². The molecule has 5 nitrogen and oxygen atoms in total. The van der Waals surface area contributed by atoms with E-state index in [0.29, 0.717) is 11.4 Å². The third-order valence-electron chi connectivity index (χ3n) is 1.49. The Hall–Kier alpha value is -1.78. The molecule has 0 aliphatic rings. The Morgan fingerprint density at radius 3 is 3.08 bits per heavy atom. The van der Waals surface area contributed by atoms with E-state index in [4.69, 9.17) is 9.63 Å². The van der Waals surface area contributed by atoms with E-state index in [0.717, 1.165) is 0 Å². The number of hydrogen-bond donors (Lipinski definition) is 1. The summed E-state index contributed by atoms with van der Waals surface area (Å²) in [7, 11) is 0. The molecular formula is C7H6N2O3. The van der Waals surface area contributed by atoms with Crippen LogP contribution in [0, 0.1) is 6.92 Å². The molecule has 12 heavy (non-hydrogen) atoms. The summed E-state index contributed by atoms with van der Waals surface area (Å²) in [5, 5.41) is 8.56. The van der Waals surface area contributed by atoms with E-state index in [1.54, 1.807) is 13.0 Å². The van der Waals surface area contributed by atoms with Gasteiger partial charge in [0.2, 0.25) is 0 Å². The number of imidazole rings is 1. The highest BCUT2D eigenvalue weighted by molar-refractivity contribution is 5.85. The van der Waals surface area contributed by atoms with Crippen LogP contribution in [0.2, 0.25) is 0 Å². The van der Waals surface area contributed by atoms with Gasteiger partial charge >= 0.3 is 5.97 Å². The van der Waals surface area contributed by atoms with Gasteiger partial charge in [0.1, 0.15) is 5.76 Å². The van der Waals surface area contributed by atoms with Crippen molar-refractivity contribution in [3.63, 3.8) is 0 Å². The molecule has 0 spiro atoms. The van der Waals surface area contributed by atoms with E-state index < -0.39 is 5.97 Å². The molecule has 0 radical (unpaired) electrons. The summed E-state index contributed by atoms with van der Waals surface area (Å²) in [6.45, 7) is 1.77. The third kappa shape index (κ3) is 0.868. The second-order valence-electron chi connectivity index (χ2n) is 2.46. The lowest BCUT2D eigenvalue weighted by molar-refractivity contribution is 0.0690. The van der Waals surface area contributed by atoms with Crippen molar-refractivity contribution in [2.75, 3.05) is 0 Å². The number of fused-ring (bicyclic) bond motifs is 1. The van der Waals surface area contributed by atoms with E-state index in [9.17, 15) is 4.79 Å². The fourth-order valence-corrected chi connectivity index (χ4v) is 1.01. The number of carboxylic acids is 1. The molecule has 5 heteroatoms. The van der Waals surface area contributed by atoms with Crippen molar-refractivity contribution in [1.82, 2.24) is 9.56 Å². The van der Waals surface area contributed by atoms with Crippen molar-refractivity contribution in [2.45, 2.75) is 6.92 Å². The van der Waals surface area contributed by atoms with Crippen LogP contribution in [-0.2, 0) is 0 Å². The SMILES string of the molecule is Cc1cc2nc(C(=O)O)cn2o1. The summed E-state index contributed by atoms with van der Waals surface area (Å²) >= 11 is 0. The maximum atomic E-state index is 10.4. The average Bonchev–Trinajstić information content (AvgIpc) is 2.42. The number of aryl methyl sites for hydroxylation is 1. The lowest BCUT2D eigenvalue weighted by Crippen LogP contribution is -1.95. The van der Waals surface area contributed by atoms with Gasteiger partial charge in [-0.25, -0.2) is 9.78 Å². The van der Waals surface area contributed by atoms with Gasteiger partial charge in [-0.05, 0) is 6.92 Å². The largest absolute Gasteiger partial charge is 0.476 e. The average molecular weight is 166 g/mol. The number of rotatable bonds is 1. The Morgan fingerprint density at radius 1 is 1.75 bits per heavy atom. The molecular weight excluding hydrogens is 160 g/mol. The molecule has 2 heterocycles.